The Morgan fingerprint density at radius 1 is 1.31 bits per heavy atom. The summed E-state index contributed by atoms with van der Waals surface area (Å²) >= 11 is 0. The predicted octanol–water partition coefficient (Wildman–Crippen LogP) is 2.34. The van der Waals surface area contributed by atoms with Crippen LogP contribution in [0.4, 0.5) is 17.6 Å². The number of nitrogens with zero attached hydrogens (tertiary/aromatic N) is 4. The Morgan fingerprint density at radius 2 is 1.96 bits per heavy atom. The Balaban J connectivity index is 1.94. The first-order valence-electron chi connectivity index (χ1n) is 8.21. The van der Waals surface area contributed by atoms with Crippen molar-refractivity contribution in [3.63, 3.8) is 0 Å². The van der Waals surface area contributed by atoms with Gasteiger partial charge < -0.3 is 10.2 Å². The Morgan fingerprint density at radius 3 is 2.50 bits per heavy atom. The van der Waals surface area contributed by atoms with Gasteiger partial charge in [-0.25, -0.2) is 4.39 Å². The van der Waals surface area contributed by atoms with Gasteiger partial charge in [0.15, 0.2) is 5.96 Å². The predicted molar refractivity (Wildman–Crippen MR) is 90.0 cm³/mol. The number of guanidine groups is 1. The summed E-state index contributed by atoms with van der Waals surface area (Å²) in [5.74, 6) is 0.0573. The summed E-state index contributed by atoms with van der Waals surface area (Å²) in [7, 11) is 1.56. The minimum absolute atomic E-state index is 0.132. The minimum atomic E-state index is -4.24. The fourth-order valence-corrected chi connectivity index (χ4v) is 2.81. The first-order chi connectivity index (χ1) is 12.3. The molecule has 0 amide bonds. The van der Waals surface area contributed by atoms with Crippen LogP contribution in [0.1, 0.15) is 18.1 Å². The van der Waals surface area contributed by atoms with Crippen molar-refractivity contribution in [2.24, 2.45) is 4.99 Å². The highest BCUT2D eigenvalue weighted by Crippen LogP contribution is 2.25. The van der Waals surface area contributed by atoms with Crippen LogP contribution >= 0.6 is 0 Å². The highest BCUT2D eigenvalue weighted by atomic mass is 19.4. The molecule has 1 heterocycles. The third kappa shape index (κ3) is 4.85. The van der Waals surface area contributed by atoms with Crippen LogP contribution in [0.15, 0.2) is 23.2 Å². The van der Waals surface area contributed by atoms with E-state index in [1.54, 1.807) is 7.05 Å². The summed E-state index contributed by atoms with van der Waals surface area (Å²) in [6.07, 6.45) is -4.24. The Hall–Kier alpha value is -2.34. The largest absolute Gasteiger partial charge is 0.403 e. The van der Waals surface area contributed by atoms with E-state index in [0.717, 1.165) is 6.92 Å². The molecule has 1 aromatic carbocycles. The van der Waals surface area contributed by atoms with Gasteiger partial charge in [-0.05, 0) is 25.1 Å². The molecule has 0 saturated carbocycles. The quantitative estimate of drug-likeness (QED) is 0.503. The van der Waals surface area contributed by atoms with Gasteiger partial charge in [0.2, 0.25) is 0 Å². The molecule has 0 aromatic heterocycles. The molecule has 0 spiro atoms. The standard InChI is InChI=1S/C17H21F4N5/c1-12(17(19,20)21)25-5-7-26(8-6-25)16(23-2)24-11-14-9-13(10-22)3-4-15(14)18/h3-4,9,12H,5-8,11H2,1-2H3,(H,23,24). The molecule has 0 aliphatic carbocycles. The molecule has 1 saturated heterocycles. The van der Waals surface area contributed by atoms with Gasteiger partial charge in [0.1, 0.15) is 11.9 Å². The number of hydrogen-bond acceptors (Lipinski definition) is 3. The second-order valence-electron chi connectivity index (χ2n) is 6.06. The van der Waals surface area contributed by atoms with Crippen molar-refractivity contribution >= 4 is 5.96 Å². The van der Waals surface area contributed by atoms with E-state index >= 15 is 0 Å². The van der Waals surface area contributed by atoms with Crippen molar-refractivity contribution in [3.05, 3.63) is 35.1 Å². The van der Waals surface area contributed by atoms with Crippen molar-refractivity contribution in [3.8, 4) is 6.07 Å². The molecule has 1 N–H and O–H groups in total. The minimum Gasteiger partial charge on any atom is -0.352 e. The first kappa shape index (κ1) is 20.0. The van der Waals surface area contributed by atoms with Gasteiger partial charge in [0.05, 0.1) is 11.6 Å². The van der Waals surface area contributed by atoms with E-state index in [9.17, 15) is 17.6 Å². The fourth-order valence-electron chi connectivity index (χ4n) is 2.81. The molecular weight excluding hydrogens is 350 g/mol. The van der Waals surface area contributed by atoms with E-state index in [4.69, 9.17) is 5.26 Å². The first-order valence-corrected chi connectivity index (χ1v) is 8.21. The number of alkyl halides is 3. The van der Waals surface area contributed by atoms with Crippen LogP contribution in [0.25, 0.3) is 0 Å². The van der Waals surface area contributed by atoms with Crippen LogP contribution in [-0.2, 0) is 6.54 Å². The van der Waals surface area contributed by atoms with Crippen molar-refractivity contribution in [1.29, 1.82) is 5.26 Å². The lowest BCUT2D eigenvalue weighted by Crippen LogP contribution is -2.56. The number of benzene rings is 1. The molecular formula is C17H21F4N5. The monoisotopic (exact) mass is 371 g/mol. The molecule has 0 bridgehead atoms. The van der Waals surface area contributed by atoms with Gasteiger partial charge in [0.25, 0.3) is 0 Å². The third-order valence-corrected chi connectivity index (χ3v) is 4.46. The van der Waals surface area contributed by atoms with Gasteiger partial charge >= 0.3 is 6.18 Å². The topological polar surface area (TPSA) is 54.7 Å². The molecule has 1 aliphatic heterocycles. The molecule has 142 valence electrons. The smallest absolute Gasteiger partial charge is 0.352 e. The van der Waals surface area contributed by atoms with Gasteiger partial charge in [0, 0.05) is 45.3 Å². The molecule has 26 heavy (non-hydrogen) atoms. The van der Waals surface area contributed by atoms with Crippen molar-refractivity contribution in [2.45, 2.75) is 25.7 Å². The summed E-state index contributed by atoms with van der Waals surface area (Å²) in [5, 5.41) is 11.9. The summed E-state index contributed by atoms with van der Waals surface area (Å²) in [5.41, 5.74) is 0.683. The number of nitrogens with one attached hydrogen (secondary N) is 1. The molecule has 1 unspecified atom stereocenters. The summed E-state index contributed by atoms with van der Waals surface area (Å²) in [4.78, 5) is 7.35. The lowest BCUT2D eigenvalue weighted by Gasteiger charge is -2.39. The van der Waals surface area contributed by atoms with Gasteiger partial charge in [-0.1, -0.05) is 0 Å². The highest BCUT2D eigenvalue weighted by molar-refractivity contribution is 5.80. The van der Waals surface area contributed by atoms with Crippen LogP contribution < -0.4 is 5.32 Å². The fraction of sp³-hybridized carbons (Fsp3) is 0.529. The second-order valence-corrected chi connectivity index (χ2v) is 6.06. The average molecular weight is 371 g/mol. The van der Waals surface area contributed by atoms with Gasteiger partial charge in [-0.15, -0.1) is 0 Å². The Bertz CT molecular complexity index is 687. The summed E-state index contributed by atoms with van der Waals surface area (Å²) < 4.78 is 52.3. The molecule has 2 rings (SSSR count). The van der Waals surface area contributed by atoms with Crippen LogP contribution in [0, 0.1) is 17.1 Å². The Labute approximate surface area is 149 Å². The number of rotatable bonds is 3. The van der Waals surface area contributed by atoms with Crippen LogP contribution in [0.2, 0.25) is 0 Å². The van der Waals surface area contributed by atoms with Crippen LogP contribution in [0.5, 0.6) is 0 Å². The van der Waals surface area contributed by atoms with Gasteiger partial charge in [-0.2, -0.15) is 18.4 Å². The SMILES string of the molecule is CN=C(NCc1cc(C#N)ccc1F)N1CCN(C(C)C(F)(F)F)CC1. The molecule has 1 fully saturated rings. The zero-order valence-electron chi connectivity index (χ0n) is 14.6. The highest BCUT2D eigenvalue weighted by Gasteiger charge is 2.41. The number of aliphatic imine (C=N–C) groups is 1. The molecule has 0 radical (unpaired) electrons. The number of hydrogen-bond donors (Lipinski definition) is 1. The van der Waals surface area contributed by atoms with Crippen molar-refractivity contribution in [1.82, 2.24) is 15.1 Å². The zero-order valence-corrected chi connectivity index (χ0v) is 14.6. The van der Waals surface area contributed by atoms with Crippen molar-refractivity contribution < 1.29 is 17.6 Å². The van der Waals surface area contributed by atoms with Crippen molar-refractivity contribution in [2.75, 3.05) is 33.2 Å². The molecule has 5 nitrogen and oxygen atoms in total. The van der Waals surface area contributed by atoms with E-state index in [1.165, 1.54) is 23.1 Å². The third-order valence-electron chi connectivity index (χ3n) is 4.46. The van der Waals surface area contributed by atoms with Crippen LogP contribution in [0.3, 0.4) is 0 Å². The number of piperazine rings is 1. The second kappa shape index (κ2) is 8.36. The van der Waals surface area contributed by atoms with Gasteiger partial charge in [-0.3, -0.25) is 9.89 Å². The summed E-state index contributed by atoms with van der Waals surface area (Å²) in [6, 6.07) is 4.56. The average Bonchev–Trinajstić information content (AvgIpc) is 2.62. The lowest BCUT2D eigenvalue weighted by molar-refractivity contribution is -0.181. The maximum Gasteiger partial charge on any atom is 0.403 e. The molecule has 1 aliphatic rings. The zero-order chi connectivity index (χ0) is 19.3. The molecule has 1 atom stereocenters. The summed E-state index contributed by atoms with van der Waals surface area (Å²) in [6.45, 7) is 2.60. The van der Waals surface area contributed by atoms with E-state index in [2.05, 4.69) is 10.3 Å². The molecule has 1 aromatic rings. The maximum absolute atomic E-state index is 13.8. The van der Waals surface area contributed by atoms with Crippen LogP contribution in [-0.4, -0.2) is 61.2 Å². The maximum atomic E-state index is 13.8. The number of nitriles is 1. The van der Waals surface area contributed by atoms with E-state index < -0.39 is 18.0 Å². The van der Waals surface area contributed by atoms with E-state index in [-0.39, 0.29) is 19.6 Å². The Kier molecular flexibility index (Phi) is 6.42. The number of halogens is 4. The van der Waals surface area contributed by atoms with E-state index in [1.807, 2.05) is 11.0 Å². The lowest BCUT2D eigenvalue weighted by atomic mass is 10.1. The molecule has 9 heteroatoms. The normalized spacial score (nSPS) is 17.7. The van der Waals surface area contributed by atoms with E-state index in [0.29, 0.717) is 30.2 Å².